The van der Waals surface area contributed by atoms with Gasteiger partial charge >= 0.3 is 0 Å². The zero-order valence-corrected chi connectivity index (χ0v) is 5.88. The first kappa shape index (κ1) is 9.87. The Morgan fingerprint density at radius 3 is 1.67 bits per heavy atom. The summed E-state index contributed by atoms with van der Waals surface area (Å²) in [4.78, 5) is 0. The van der Waals surface area contributed by atoms with E-state index < -0.39 is 7.42 Å². The van der Waals surface area contributed by atoms with Crippen LogP contribution in [-0.4, -0.2) is 7.42 Å². The maximum Gasteiger partial charge on any atom is 0.273 e. The molecule has 0 aromatic heterocycles. The lowest BCUT2D eigenvalue weighted by Gasteiger charge is -1.79. The second kappa shape index (κ2) is 5.73. The van der Waals surface area contributed by atoms with Crippen molar-refractivity contribution < 1.29 is 4.70 Å². The minimum absolute atomic E-state index is 0. The Kier molecular flexibility index (Phi) is 9.42. The summed E-state index contributed by atoms with van der Waals surface area (Å²) in [6, 6.07) is 0.938. The quantitative estimate of drug-likeness (QED) is 0.394. The molecule has 0 aliphatic carbocycles. The van der Waals surface area contributed by atoms with Crippen molar-refractivity contribution >= 4 is 29.6 Å². The van der Waals surface area contributed by atoms with Crippen molar-refractivity contribution in [3.63, 3.8) is 0 Å². The van der Waals surface area contributed by atoms with Crippen LogP contribution in [0.25, 0.3) is 0 Å². The lowest BCUT2D eigenvalue weighted by molar-refractivity contribution is 1.11. The van der Waals surface area contributed by atoms with E-state index in [9.17, 15) is 0 Å². The minimum Gasteiger partial charge on any atom is -0.269 e. The van der Waals surface area contributed by atoms with Gasteiger partial charge in [-0.25, -0.2) is 0 Å². The summed E-state index contributed by atoms with van der Waals surface area (Å²) in [5, 5.41) is 0. The molecule has 0 aromatic carbocycles. The smallest absolute Gasteiger partial charge is 0.269 e. The highest BCUT2D eigenvalue weighted by Crippen LogP contribution is 1.98. The molecular formula is C2H6Cl2FSi. The van der Waals surface area contributed by atoms with E-state index in [4.69, 9.17) is 22.2 Å². The molecule has 0 bridgehead atoms. The molecule has 0 aliphatic heterocycles. The van der Waals surface area contributed by atoms with Gasteiger partial charge in [-0.15, -0.1) is 22.2 Å². The summed E-state index contributed by atoms with van der Waals surface area (Å²) in [5.74, 6) is 0. The molecule has 0 amide bonds. The van der Waals surface area contributed by atoms with Gasteiger partial charge in [0, 0.05) is 0 Å². The summed E-state index contributed by atoms with van der Waals surface area (Å²) >= 11 is 10.7. The van der Waals surface area contributed by atoms with Crippen molar-refractivity contribution in [2.45, 2.75) is 13.0 Å². The normalized spacial score (nSPS) is 8.00. The van der Waals surface area contributed by atoms with Crippen molar-refractivity contribution in [1.29, 1.82) is 0 Å². The molecule has 0 saturated carbocycles. The van der Waals surface area contributed by atoms with Gasteiger partial charge in [0.2, 0.25) is 0 Å². The zero-order chi connectivity index (χ0) is 4.28. The van der Waals surface area contributed by atoms with Gasteiger partial charge in [-0.1, -0.05) is 6.92 Å². The molecule has 0 fully saturated rings. The van der Waals surface area contributed by atoms with E-state index in [1.165, 1.54) is 0 Å². The second-order valence-electron chi connectivity index (χ2n) is 0.692. The molecule has 0 saturated heterocycles. The Morgan fingerprint density at radius 2 is 1.67 bits per heavy atom. The van der Waals surface area contributed by atoms with Crippen molar-refractivity contribution in [1.82, 2.24) is 0 Å². The van der Waals surface area contributed by atoms with E-state index in [1.807, 2.05) is 6.92 Å². The Balaban J connectivity index is 0. The lowest BCUT2D eigenvalue weighted by Crippen LogP contribution is -1.83. The number of hydrogen-bond acceptors (Lipinski definition) is 0. The number of halogens is 3. The standard InChI is InChI=1S/C2H5Cl2Si.FH/c1-2-5(3)4;/h2H2,1H3;1H. The van der Waals surface area contributed by atoms with Gasteiger partial charge in [0.15, 0.2) is 0 Å². The predicted molar refractivity (Wildman–Crippen MR) is 30.4 cm³/mol. The molecule has 0 unspecified atom stereocenters. The number of rotatable bonds is 1. The van der Waals surface area contributed by atoms with Gasteiger partial charge in [0.1, 0.15) is 0 Å². The highest BCUT2D eigenvalue weighted by molar-refractivity contribution is 7.33. The average Bonchev–Trinajstić information content (AvgIpc) is 1.38. The van der Waals surface area contributed by atoms with Crippen LogP contribution in [0.5, 0.6) is 0 Å². The highest BCUT2D eigenvalue weighted by Gasteiger charge is 1.93. The third-order valence-corrected chi connectivity index (χ3v) is 2.41. The first-order chi connectivity index (χ1) is 2.27. The SMILES string of the molecule is CC[Si](Cl)Cl.F. The topological polar surface area (TPSA) is 0 Å². The molecular weight excluding hydrogens is 142 g/mol. The van der Waals surface area contributed by atoms with Crippen molar-refractivity contribution in [2.24, 2.45) is 0 Å². The third kappa shape index (κ3) is 8.83. The molecule has 39 valence electrons. The van der Waals surface area contributed by atoms with Gasteiger partial charge in [-0.05, 0) is 6.04 Å². The van der Waals surface area contributed by atoms with Gasteiger partial charge in [-0.3, -0.25) is 4.70 Å². The maximum absolute atomic E-state index is 5.33. The molecule has 1 radical (unpaired) electrons. The van der Waals surface area contributed by atoms with Crippen molar-refractivity contribution in [3.8, 4) is 0 Å². The van der Waals surface area contributed by atoms with E-state index in [0.29, 0.717) is 0 Å². The van der Waals surface area contributed by atoms with E-state index in [-0.39, 0.29) is 4.70 Å². The Morgan fingerprint density at radius 1 is 1.50 bits per heavy atom. The lowest BCUT2D eigenvalue weighted by atomic mass is 11.0. The predicted octanol–water partition coefficient (Wildman–Crippen LogP) is 2.12. The Bertz CT molecular complexity index is 25.5. The minimum atomic E-state index is -0.930. The van der Waals surface area contributed by atoms with E-state index in [0.717, 1.165) is 6.04 Å². The van der Waals surface area contributed by atoms with Crippen LogP contribution in [0.4, 0.5) is 4.70 Å². The van der Waals surface area contributed by atoms with Crippen LogP contribution in [0.15, 0.2) is 0 Å². The van der Waals surface area contributed by atoms with Gasteiger partial charge in [0.25, 0.3) is 7.42 Å². The fourth-order valence-electron chi connectivity index (χ4n) is 0. The first-order valence-corrected chi connectivity index (χ1v) is 5.17. The monoisotopic (exact) mass is 147 g/mol. The zero-order valence-electron chi connectivity index (χ0n) is 3.37. The van der Waals surface area contributed by atoms with Crippen LogP contribution < -0.4 is 0 Å². The van der Waals surface area contributed by atoms with E-state index in [1.54, 1.807) is 0 Å². The Labute approximate surface area is 47.8 Å². The van der Waals surface area contributed by atoms with Crippen molar-refractivity contribution in [2.75, 3.05) is 0 Å². The second-order valence-corrected chi connectivity index (χ2v) is 5.39. The van der Waals surface area contributed by atoms with Gasteiger partial charge in [0.05, 0.1) is 0 Å². The summed E-state index contributed by atoms with van der Waals surface area (Å²) in [7, 11) is -0.930. The summed E-state index contributed by atoms with van der Waals surface area (Å²) in [5.41, 5.74) is 0. The third-order valence-electron chi connectivity index (χ3n) is 0.267. The fraction of sp³-hybridized carbons (Fsp3) is 1.00. The molecule has 0 rings (SSSR count). The van der Waals surface area contributed by atoms with Crippen LogP contribution >= 0.6 is 22.2 Å². The molecule has 0 nitrogen and oxygen atoms in total. The summed E-state index contributed by atoms with van der Waals surface area (Å²) in [6.45, 7) is 1.98. The van der Waals surface area contributed by atoms with Gasteiger partial charge in [-0.2, -0.15) is 0 Å². The highest BCUT2D eigenvalue weighted by atomic mass is 35.7. The molecule has 4 heteroatoms. The maximum atomic E-state index is 5.33. The van der Waals surface area contributed by atoms with Crippen LogP contribution in [0, 0.1) is 0 Å². The molecule has 0 spiro atoms. The summed E-state index contributed by atoms with van der Waals surface area (Å²) in [6.07, 6.45) is 0. The molecule has 0 N–H and O–H groups in total. The van der Waals surface area contributed by atoms with Crippen LogP contribution in [0.1, 0.15) is 6.92 Å². The van der Waals surface area contributed by atoms with Gasteiger partial charge < -0.3 is 0 Å². The largest absolute Gasteiger partial charge is 0.273 e. The molecule has 6 heavy (non-hydrogen) atoms. The molecule has 0 heterocycles. The Hall–Kier alpha value is 0.727. The van der Waals surface area contributed by atoms with E-state index >= 15 is 0 Å². The van der Waals surface area contributed by atoms with Crippen molar-refractivity contribution in [3.05, 3.63) is 0 Å². The fourth-order valence-corrected chi connectivity index (χ4v) is 0. The molecule has 0 aliphatic rings. The molecule has 0 atom stereocenters. The first-order valence-electron chi connectivity index (χ1n) is 1.44. The van der Waals surface area contributed by atoms with Crippen LogP contribution in [-0.2, 0) is 0 Å². The van der Waals surface area contributed by atoms with E-state index in [2.05, 4.69) is 0 Å². The number of hydrogen-bond donors (Lipinski definition) is 0. The van der Waals surface area contributed by atoms with Crippen LogP contribution in [0.2, 0.25) is 6.04 Å². The average molecular weight is 148 g/mol. The summed E-state index contributed by atoms with van der Waals surface area (Å²) < 4.78 is 0. The molecule has 0 aromatic rings. The van der Waals surface area contributed by atoms with Crippen LogP contribution in [0.3, 0.4) is 0 Å².